The van der Waals surface area contributed by atoms with E-state index in [2.05, 4.69) is 341 Å². The van der Waals surface area contributed by atoms with Gasteiger partial charge in [0, 0.05) is 73.6 Å². The Hall–Kier alpha value is -12.9. The van der Waals surface area contributed by atoms with E-state index in [0.717, 1.165) is 128 Å². The zero-order valence-electron chi connectivity index (χ0n) is 52.1. The van der Waals surface area contributed by atoms with Crippen molar-refractivity contribution in [2.24, 2.45) is 0 Å². The number of hydrogen-bond donors (Lipinski definition) is 0. The van der Waals surface area contributed by atoms with Gasteiger partial charge in [-0.05, 0) is 221 Å². The Bertz CT molecular complexity index is 5940. The molecule has 0 N–H and O–H groups in total. The van der Waals surface area contributed by atoms with Crippen LogP contribution < -0.4 is 9.80 Å². The van der Waals surface area contributed by atoms with Crippen molar-refractivity contribution >= 4 is 99.8 Å². The highest BCUT2D eigenvalue weighted by molar-refractivity contribution is 6.12. The van der Waals surface area contributed by atoms with Crippen LogP contribution >= 0.6 is 0 Å². The number of nitrogens with zero attached hydrogens (tertiary/aromatic N) is 4. The first-order valence-corrected chi connectivity index (χ1v) is 32.5. The van der Waals surface area contributed by atoms with Crippen LogP contribution in [-0.2, 0) is 0 Å². The molecule has 18 aromatic rings. The molecule has 6 heteroatoms. The van der Waals surface area contributed by atoms with Crippen molar-refractivity contribution in [3.8, 4) is 77.9 Å². The van der Waals surface area contributed by atoms with Crippen LogP contribution in [0.1, 0.15) is 0 Å². The van der Waals surface area contributed by atoms with Crippen molar-refractivity contribution in [3.05, 3.63) is 352 Å². The molecule has 450 valence electrons. The third-order valence-electron chi connectivity index (χ3n) is 18.8. The lowest BCUT2D eigenvalue weighted by Crippen LogP contribution is -2.09. The Balaban J connectivity index is 0.641. The number of benzene rings is 14. The first-order valence-electron chi connectivity index (χ1n) is 32.5. The van der Waals surface area contributed by atoms with Crippen LogP contribution in [0, 0.1) is 0 Å². The van der Waals surface area contributed by atoms with E-state index in [-0.39, 0.29) is 0 Å². The second-order valence-electron chi connectivity index (χ2n) is 24.5. The lowest BCUT2D eigenvalue weighted by atomic mass is 9.96. The molecular formula is C90H58N4O2. The second kappa shape index (κ2) is 23.7. The predicted octanol–water partition coefficient (Wildman–Crippen LogP) is 25.2. The molecule has 4 heterocycles. The first kappa shape index (κ1) is 55.9. The number of furan rings is 2. The number of para-hydroxylation sites is 1. The molecule has 0 bridgehead atoms. The Morgan fingerprint density at radius 2 is 0.562 bits per heavy atom. The average Bonchev–Trinajstić information content (AvgIpc) is 1.42. The lowest BCUT2D eigenvalue weighted by Gasteiger charge is -2.26. The second-order valence-corrected chi connectivity index (χ2v) is 24.5. The van der Waals surface area contributed by atoms with Crippen molar-refractivity contribution in [1.29, 1.82) is 0 Å². The minimum atomic E-state index is 0.644. The minimum absolute atomic E-state index is 0.644. The summed E-state index contributed by atoms with van der Waals surface area (Å²) < 4.78 is 12.6. The van der Waals surface area contributed by atoms with Gasteiger partial charge in [-0.1, -0.05) is 212 Å². The van der Waals surface area contributed by atoms with Gasteiger partial charge in [0.2, 0.25) is 11.4 Å². The molecule has 0 unspecified atom stereocenters. The number of fused-ring (bicyclic) bond motifs is 8. The Morgan fingerprint density at radius 3 is 1.03 bits per heavy atom. The summed E-state index contributed by atoms with van der Waals surface area (Å²) >= 11 is 0. The molecule has 0 atom stereocenters. The van der Waals surface area contributed by atoms with E-state index in [1.165, 1.54) is 38.2 Å². The lowest BCUT2D eigenvalue weighted by molar-refractivity contribution is 0.654. The van der Waals surface area contributed by atoms with E-state index >= 15 is 0 Å². The zero-order valence-corrected chi connectivity index (χ0v) is 52.1. The predicted molar refractivity (Wildman–Crippen MR) is 399 cm³/mol. The molecule has 0 saturated carbocycles. The molecule has 96 heavy (non-hydrogen) atoms. The zero-order chi connectivity index (χ0) is 63.5. The quantitative estimate of drug-likeness (QED) is 0.115. The monoisotopic (exact) mass is 1230 g/mol. The van der Waals surface area contributed by atoms with E-state index in [4.69, 9.17) is 8.83 Å². The summed E-state index contributed by atoms with van der Waals surface area (Å²) in [4.78, 5) is 13.7. The molecule has 0 fully saturated rings. The van der Waals surface area contributed by atoms with Crippen molar-refractivity contribution < 1.29 is 8.83 Å². The average molecular weight is 1230 g/mol. The molecule has 0 aliphatic heterocycles. The normalized spacial score (nSPS) is 11.5. The highest BCUT2D eigenvalue weighted by Gasteiger charge is 2.20. The fraction of sp³-hybridized carbons (Fsp3) is 0. The van der Waals surface area contributed by atoms with Gasteiger partial charge in [0.1, 0.15) is 11.2 Å². The summed E-state index contributed by atoms with van der Waals surface area (Å²) in [6, 6.07) is 122. The number of pyridine rings is 2. The van der Waals surface area contributed by atoms with Crippen LogP contribution in [0.5, 0.6) is 0 Å². The largest absolute Gasteiger partial charge is 0.438 e. The van der Waals surface area contributed by atoms with Crippen LogP contribution in [0.4, 0.5) is 34.1 Å². The van der Waals surface area contributed by atoms with Crippen molar-refractivity contribution in [3.63, 3.8) is 0 Å². The summed E-state index contributed by atoms with van der Waals surface area (Å²) in [5.74, 6) is 0. The van der Waals surface area contributed by atoms with E-state index < -0.39 is 0 Å². The summed E-state index contributed by atoms with van der Waals surface area (Å²) in [6.07, 6.45) is 3.56. The fourth-order valence-electron chi connectivity index (χ4n) is 13.9. The molecule has 18 rings (SSSR count). The molecule has 6 nitrogen and oxygen atoms in total. The number of rotatable bonds is 13. The van der Waals surface area contributed by atoms with Crippen molar-refractivity contribution in [2.75, 3.05) is 9.80 Å². The number of hydrogen-bond acceptors (Lipinski definition) is 6. The maximum Gasteiger partial charge on any atom is 0.227 e. The molecule has 0 saturated heterocycles. The summed E-state index contributed by atoms with van der Waals surface area (Å²) in [6.45, 7) is 0. The minimum Gasteiger partial charge on any atom is -0.438 e. The maximum atomic E-state index is 6.38. The van der Waals surface area contributed by atoms with Gasteiger partial charge in [-0.2, -0.15) is 0 Å². The van der Waals surface area contributed by atoms with Gasteiger partial charge in [-0.3, -0.25) is 0 Å². The van der Waals surface area contributed by atoms with Crippen LogP contribution in [-0.4, -0.2) is 9.97 Å². The third kappa shape index (κ3) is 10.3. The maximum absolute atomic E-state index is 6.38. The van der Waals surface area contributed by atoms with Gasteiger partial charge in [0.15, 0.2) is 0 Å². The van der Waals surface area contributed by atoms with E-state index in [9.17, 15) is 0 Å². The van der Waals surface area contributed by atoms with Crippen molar-refractivity contribution in [2.45, 2.75) is 0 Å². The highest BCUT2D eigenvalue weighted by atomic mass is 16.3. The molecule has 0 spiro atoms. The van der Waals surface area contributed by atoms with E-state index in [1.54, 1.807) is 12.4 Å². The van der Waals surface area contributed by atoms with Gasteiger partial charge in [-0.15, -0.1) is 0 Å². The van der Waals surface area contributed by atoms with Crippen LogP contribution in [0.25, 0.3) is 144 Å². The first-order chi connectivity index (χ1) is 47.5. The van der Waals surface area contributed by atoms with Gasteiger partial charge >= 0.3 is 0 Å². The molecule has 4 aromatic heterocycles. The smallest absolute Gasteiger partial charge is 0.227 e. The summed E-state index contributed by atoms with van der Waals surface area (Å²) in [5, 5.41) is 9.07. The standard InChI is InChI=1S/C90H58N4O2/c1-3-13-67-57-73(27-25-59(67)11-1)63-33-45-77(46-34-63)93(79-49-37-65(38-50-79)81-19-8-24-86-87(81)85-23-10-54-92-90(85)95-86)75-41-29-61(30-42-75)69-15-5-17-71(55-69)72-18-6-16-70(56-72)62-31-43-76(44-32-62)94(78-47-35-64(36-48-78)74-28-26-60-12-2-4-14-68(60)58-74)80-51-39-66(40-52-80)82-20-7-21-83-84-22-9-53-91-89(84)96-88(82)83/h1-58H. The number of anilines is 6. The van der Waals surface area contributed by atoms with E-state index in [0.29, 0.717) is 11.4 Å². The van der Waals surface area contributed by atoms with Gasteiger partial charge in [0.25, 0.3) is 0 Å². The molecule has 0 amide bonds. The van der Waals surface area contributed by atoms with Crippen LogP contribution in [0.3, 0.4) is 0 Å². The van der Waals surface area contributed by atoms with Gasteiger partial charge in [-0.25, -0.2) is 9.97 Å². The van der Waals surface area contributed by atoms with Gasteiger partial charge < -0.3 is 18.6 Å². The third-order valence-corrected chi connectivity index (χ3v) is 18.8. The molecule has 0 radical (unpaired) electrons. The SMILES string of the molecule is c1cc(-c2ccc(N(c3ccc(-c4ccc5ccccc5c4)cc3)c3ccc(-c4cccc5c4oc4ncccc45)cc3)cc2)cc(-c2cccc(-c3ccc(N(c4ccc(-c5ccc6ccccc6c5)cc4)c4ccc(-c5cccc6oc7ncccc7c56)cc4)cc3)c2)c1. The van der Waals surface area contributed by atoms with Crippen LogP contribution in [0.15, 0.2) is 361 Å². The topological polar surface area (TPSA) is 58.5 Å². The highest BCUT2D eigenvalue weighted by Crippen LogP contribution is 2.44. The van der Waals surface area contributed by atoms with E-state index in [1.807, 2.05) is 18.2 Å². The number of aromatic nitrogens is 2. The Labute approximate surface area is 555 Å². The van der Waals surface area contributed by atoms with Crippen LogP contribution in [0.2, 0.25) is 0 Å². The molecule has 14 aromatic carbocycles. The Kier molecular flexibility index (Phi) is 13.8. The molecule has 0 aliphatic rings. The molecular weight excluding hydrogens is 1170 g/mol. The fourth-order valence-corrected chi connectivity index (χ4v) is 13.9. The van der Waals surface area contributed by atoms with Gasteiger partial charge in [0.05, 0.1) is 0 Å². The summed E-state index contributed by atoms with van der Waals surface area (Å²) in [5.41, 5.74) is 25.1. The summed E-state index contributed by atoms with van der Waals surface area (Å²) in [7, 11) is 0. The Morgan fingerprint density at radius 1 is 0.219 bits per heavy atom. The molecule has 0 aliphatic carbocycles. The van der Waals surface area contributed by atoms with Crippen molar-refractivity contribution in [1.82, 2.24) is 9.97 Å².